The molecule has 72 valence electrons. The van der Waals surface area contributed by atoms with Gasteiger partial charge in [0.05, 0.1) is 6.61 Å². The molecule has 8 nitrogen and oxygen atoms in total. The Labute approximate surface area is 67.5 Å². The Morgan fingerprint density at radius 1 is 1.67 bits per heavy atom. The average molecular weight is 200 g/mol. The highest BCUT2D eigenvalue weighted by molar-refractivity contribution is 7.49. The first-order chi connectivity index (χ1) is 5.40. The topological polar surface area (TPSA) is 142 Å². The van der Waals surface area contributed by atoms with Gasteiger partial charge in [0.15, 0.2) is 0 Å². The van der Waals surface area contributed by atoms with Gasteiger partial charge < -0.3 is 19.7 Å². The summed E-state index contributed by atoms with van der Waals surface area (Å²) in [6.45, 7) is -0.818. The lowest BCUT2D eigenvalue weighted by Crippen LogP contribution is -2.40. The minimum absolute atomic E-state index is 0.818. The van der Waals surface area contributed by atoms with Crippen LogP contribution < -0.4 is 11.0 Å². The molecule has 0 saturated heterocycles. The molecule has 0 unspecified atom stereocenters. The Kier molecular flexibility index (Phi) is 4.32. The smallest absolute Gasteiger partial charge is 0.394 e. The zero-order valence-electron chi connectivity index (χ0n) is 5.88. The van der Waals surface area contributed by atoms with Crippen molar-refractivity contribution in [2.24, 2.45) is 5.90 Å². The van der Waals surface area contributed by atoms with E-state index in [-0.39, 0.29) is 0 Å². The van der Waals surface area contributed by atoms with Gasteiger partial charge in [-0.25, -0.2) is 14.4 Å². The Bertz CT molecular complexity index is 201. The lowest BCUT2D eigenvalue weighted by molar-refractivity contribution is -0.147. The second-order valence-corrected chi connectivity index (χ2v) is 3.19. The molecule has 0 radical (unpaired) electrons. The number of carbonyl (C=O) groups excluding carboxylic acids is 1. The standard InChI is InChI=1S/C3H9N2O6P/c4-11-3(7)2(1-6)5-12(8,9)10/h2,6H,1,4H2,(H3,5,8,9,10)/t2-/m0/s1. The highest BCUT2D eigenvalue weighted by Crippen LogP contribution is 2.28. The summed E-state index contributed by atoms with van der Waals surface area (Å²) in [5, 5.41) is 9.95. The van der Waals surface area contributed by atoms with Crippen molar-refractivity contribution < 1.29 is 29.1 Å². The highest BCUT2D eigenvalue weighted by Gasteiger charge is 2.26. The molecular formula is C3H9N2O6P. The number of aliphatic hydroxyl groups is 1. The van der Waals surface area contributed by atoms with Gasteiger partial charge in [0.2, 0.25) is 0 Å². The average Bonchev–Trinajstić information content (AvgIpc) is 1.97. The van der Waals surface area contributed by atoms with E-state index < -0.39 is 26.4 Å². The van der Waals surface area contributed by atoms with Crippen LogP contribution in [0.25, 0.3) is 0 Å². The summed E-state index contributed by atoms with van der Waals surface area (Å²) in [5.74, 6) is 3.26. The molecule has 9 heteroatoms. The summed E-state index contributed by atoms with van der Waals surface area (Å²) in [4.78, 5) is 30.8. The lowest BCUT2D eigenvalue weighted by Gasteiger charge is -2.13. The van der Waals surface area contributed by atoms with E-state index in [4.69, 9.17) is 14.9 Å². The molecule has 0 fully saturated rings. The molecule has 0 spiro atoms. The molecule has 0 aliphatic rings. The second kappa shape index (κ2) is 4.51. The summed E-state index contributed by atoms with van der Waals surface area (Å²) >= 11 is 0. The number of nitrogens with one attached hydrogen (secondary N) is 1. The molecule has 1 atom stereocenters. The third-order valence-corrected chi connectivity index (χ3v) is 1.56. The van der Waals surface area contributed by atoms with Crippen LogP contribution in [-0.4, -0.2) is 33.5 Å². The van der Waals surface area contributed by atoms with E-state index in [2.05, 4.69) is 10.7 Å². The van der Waals surface area contributed by atoms with E-state index in [0.29, 0.717) is 0 Å². The van der Waals surface area contributed by atoms with Gasteiger partial charge >= 0.3 is 13.7 Å². The van der Waals surface area contributed by atoms with Crippen molar-refractivity contribution in [1.29, 1.82) is 0 Å². The summed E-state index contributed by atoms with van der Waals surface area (Å²) in [6, 6.07) is -1.52. The van der Waals surface area contributed by atoms with E-state index in [1.54, 1.807) is 0 Å². The zero-order valence-corrected chi connectivity index (χ0v) is 6.77. The van der Waals surface area contributed by atoms with Crippen LogP contribution in [0.2, 0.25) is 0 Å². The molecule has 12 heavy (non-hydrogen) atoms. The van der Waals surface area contributed by atoms with Gasteiger partial charge in [0, 0.05) is 0 Å². The maximum Gasteiger partial charge on any atom is 0.401 e. The van der Waals surface area contributed by atoms with Crippen molar-refractivity contribution in [3.63, 3.8) is 0 Å². The third-order valence-electron chi connectivity index (χ3n) is 0.907. The Morgan fingerprint density at radius 2 is 2.17 bits per heavy atom. The SMILES string of the molecule is NOC(=O)[C@H](CO)NP(=O)(O)O. The number of carbonyl (C=O) groups is 1. The molecule has 0 aromatic rings. The summed E-state index contributed by atoms with van der Waals surface area (Å²) in [7, 11) is -4.57. The number of nitrogens with two attached hydrogens (primary N) is 1. The molecule has 0 aromatic heterocycles. The lowest BCUT2D eigenvalue weighted by atomic mass is 10.3. The van der Waals surface area contributed by atoms with Crippen LogP contribution in [0.3, 0.4) is 0 Å². The predicted molar refractivity (Wildman–Crippen MR) is 36.3 cm³/mol. The molecule has 0 heterocycles. The first-order valence-corrected chi connectivity index (χ1v) is 4.36. The molecule has 0 saturated carbocycles. The van der Waals surface area contributed by atoms with Crippen LogP contribution in [0.15, 0.2) is 0 Å². The van der Waals surface area contributed by atoms with Gasteiger partial charge in [-0.15, -0.1) is 0 Å². The maximum absolute atomic E-state index is 10.5. The predicted octanol–water partition coefficient (Wildman–Crippen LogP) is -2.55. The Morgan fingerprint density at radius 3 is 2.42 bits per heavy atom. The van der Waals surface area contributed by atoms with Crippen LogP contribution in [0.5, 0.6) is 0 Å². The molecule has 0 aromatic carbocycles. The third kappa shape index (κ3) is 4.39. The Hall–Kier alpha value is -0.500. The van der Waals surface area contributed by atoms with Gasteiger partial charge in [-0.05, 0) is 0 Å². The molecule has 0 aliphatic heterocycles. The number of aliphatic hydroxyl groups excluding tert-OH is 1. The van der Waals surface area contributed by atoms with Gasteiger partial charge in [-0.2, -0.15) is 5.90 Å². The fourth-order valence-electron chi connectivity index (χ4n) is 0.453. The first kappa shape index (κ1) is 11.5. The van der Waals surface area contributed by atoms with E-state index >= 15 is 0 Å². The number of rotatable bonds is 4. The van der Waals surface area contributed by atoms with Gasteiger partial charge in [-0.1, -0.05) is 0 Å². The van der Waals surface area contributed by atoms with Crippen molar-refractivity contribution in [3.05, 3.63) is 0 Å². The van der Waals surface area contributed by atoms with Crippen LogP contribution in [0.4, 0.5) is 0 Å². The van der Waals surface area contributed by atoms with Crippen LogP contribution in [-0.2, 0) is 14.2 Å². The molecule has 0 rings (SSSR count). The molecular weight excluding hydrogens is 191 g/mol. The largest absolute Gasteiger partial charge is 0.401 e. The van der Waals surface area contributed by atoms with Gasteiger partial charge in [0.1, 0.15) is 6.04 Å². The summed E-state index contributed by atoms with van der Waals surface area (Å²) in [6.07, 6.45) is 0. The number of hydrogen-bond donors (Lipinski definition) is 5. The second-order valence-electron chi connectivity index (χ2n) is 1.85. The fraction of sp³-hybridized carbons (Fsp3) is 0.667. The monoisotopic (exact) mass is 200 g/mol. The van der Waals surface area contributed by atoms with Crippen LogP contribution >= 0.6 is 7.75 Å². The first-order valence-electron chi connectivity index (χ1n) is 2.75. The maximum atomic E-state index is 10.5. The van der Waals surface area contributed by atoms with E-state index in [1.165, 1.54) is 5.09 Å². The van der Waals surface area contributed by atoms with E-state index in [9.17, 15) is 9.36 Å². The van der Waals surface area contributed by atoms with Gasteiger partial charge in [0.25, 0.3) is 0 Å². The van der Waals surface area contributed by atoms with Crippen molar-refractivity contribution in [2.45, 2.75) is 6.04 Å². The fourth-order valence-corrected chi connectivity index (χ4v) is 1.05. The Balaban J connectivity index is 4.19. The minimum Gasteiger partial charge on any atom is -0.394 e. The normalized spacial score (nSPS) is 14.0. The van der Waals surface area contributed by atoms with E-state index in [1.807, 2.05) is 0 Å². The molecule has 6 N–H and O–H groups in total. The van der Waals surface area contributed by atoms with Crippen molar-refractivity contribution in [1.82, 2.24) is 5.09 Å². The van der Waals surface area contributed by atoms with Crippen molar-refractivity contribution >= 4 is 13.7 Å². The minimum atomic E-state index is -4.57. The summed E-state index contributed by atoms with van der Waals surface area (Å²) < 4.78 is 10.2. The highest BCUT2D eigenvalue weighted by atomic mass is 31.2. The van der Waals surface area contributed by atoms with Crippen molar-refractivity contribution in [2.75, 3.05) is 6.61 Å². The molecule has 0 bridgehead atoms. The van der Waals surface area contributed by atoms with Crippen molar-refractivity contribution in [3.8, 4) is 0 Å². The van der Waals surface area contributed by atoms with Crippen LogP contribution in [0.1, 0.15) is 0 Å². The summed E-state index contributed by atoms with van der Waals surface area (Å²) in [5.41, 5.74) is 0. The van der Waals surface area contributed by atoms with Gasteiger partial charge in [-0.3, -0.25) is 0 Å². The molecule has 0 amide bonds. The quantitative estimate of drug-likeness (QED) is 0.246. The zero-order chi connectivity index (χ0) is 9.78. The number of hydrogen-bond acceptors (Lipinski definition) is 5. The van der Waals surface area contributed by atoms with E-state index in [0.717, 1.165) is 0 Å². The molecule has 0 aliphatic carbocycles. The van der Waals surface area contributed by atoms with Crippen LogP contribution in [0, 0.1) is 0 Å².